The standard InChI is InChI=1S/C13H10BrNO2/c1-6-7(2)15-9-3-4-10-13(12(6)9)8(14)5-11(16)17-10/h3-5,15H,1-2H3. The maximum atomic E-state index is 11.3. The zero-order valence-electron chi connectivity index (χ0n) is 9.43. The highest BCUT2D eigenvalue weighted by atomic mass is 79.9. The van der Waals surface area contributed by atoms with E-state index in [2.05, 4.69) is 27.8 Å². The van der Waals surface area contributed by atoms with Crippen molar-refractivity contribution in [3.63, 3.8) is 0 Å². The predicted octanol–water partition coefficient (Wildman–Crippen LogP) is 3.65. The van der Waals surface area contributed by atoms with E-state index in [1.807, 2.05) is 19.1 Å². The third-order valence-electron chi connectivity index (χ3n) is 3.12. The van der Waals surface area contributed by atoms with Crippen LogP contribution in [0, 0.1) is 13.8 Å². The SMILES string of the molecule is Cc1[nH]c2ccc3oc(=O)cc(Br)c3c2c1C. The van der Waals surface area contributed by atoms with E-state index in [9.17, 15) is 4.79 Å². The molecule has 3 nitrogen and oxygen atoms in total. The van der Waals surface area contributed by atoms with Gasteiger partial charge in [-0.3, -0.25) is 0 Å². The van der Waals surface area contributed by atoms with Crippen LogP contribution in [0.1, 0.15) is 11.3 Å². The van der Waals surface area contributed by atoms with Crippen LogP contribution in [0.3, 0.4) is 0 Å². The monoisotopic (exact) mass is 291 g/mol. The van der Waals surface area contributed by atoms with Crippen LogP contribution < -0.4 is 5.63 Å². The molecule has 3 rings (SSSR count). The van der Waals surface area contributed by atoms with Crippen LogP contribution in [0.4, 0.5) is 0 Å². The number of fused-ring (bicyclic) bond motifs is 3. The molecule has 0 spiro atoms. The Morgan fingerprint density at radius 1 is 1.24 bits per heavy atom. The molecular formula is C13H10BrNO2. The minimum Gasteiger partial charge on any atom is -0.423 e. The fourth-order valence-electron chi connectivity index (χ4n) is 2.20. The van der Waals surface area contributed by atoms with Crippen molar-refractivity contribution < 1.29 is 4.42 Å². The Morgan fingerprint density at radius 2 is 2.00 bits per heavy atom. The molecule has 0 atom stereocenters. The molecule has 0 aliphatic rings. The second kappa shape index (κ2) is 3.47. The number of rotatable bonds is 0. The van der Waals surface area contributed by atoms with Gasteiger partial charge in [0.2, 0.25) is 0 Å². The van der Waals surface area contributed by atoms with Gasteiger partial charge in [0.05, 0.1) is 0 Å². The first kappa shape index (κ1) is 10.6. The number of benzene rings is 1. The molecule has 2 heterocycles. The molecule has 0 amide bonds. The predicted molar refractivity (Wildman–Crippen MR) is 71.5 cm³/mol. The van der Waals surface area contributed by atoms with Gasteiger partial charge in [-0.1, -0.05) is 0 Å². The lowest BCUT2D eigenvalue weighted by atomic mass is 10.1. The van der Waals surface area contributed by atoms with Gasteiger partial charge in [0, 0.05) is 32.5 Å². The van der Waals surface area contributed by atoms with Crippen LogP contribution in [-0.2, 0) is 0 Å². The second-order valence-corrected chi connectivity index (χ2v) is 5.00. The van der Waals surface area contributed by atoms with Crippen LogP contribution in [0.15, 0.2) is 31.9 Å². The lowest BCUT2D eigenvalue weighted by Gasteiger charge is -2.01. The maximum Gasteiger partial charge on any atom is 0.337 e. The van der Waals surface area contributed by atoms with E-state index < -0.39 is 0 Å². The summed E-state index contributed by atoms with van der Waals surface area (Å²) in [6.45, 7) is 4.10. The van der Waals surface area contributed by atoms with Gasteiger partial charge in [-0.05, 0) is 47.5 Å². The van der Waals surface area contributed by atoms with Crippen molar-refractivity contribution in [3.8, 4) is 0 Å². The average Bonchev–Trinajstić information content (AvgIpc) is 2.55. The highest BCUT2D eigenvalue weighted by Gasteiger charge is 2.12. The number of hydrogen-bond acceptors (Lipinski definition) is 2. The van der Waals surface area contributed by atoms with Crippen LogP contribution in [0.25, 0.3) is 21.9 Å². The zero-order valence-corrected chi connectivity index (χ0v) is 11.0. The second-order valence-electron chi connectivity index (χ2n) is 4.15. The normalized spacial score (nSPS) is 11.5. The summed E-state index contributed by atoms with van der Waals surface area (Å²) < 4.78 is 5.99. The average molecular weight is 292 g/mol. The topological polar surface area (TPSA) is 46.0 Å². The van der Waals surface area contributed by atoms with Crippen molar-refractivity contribution in [1.82, 2.24) is 4.98 Å². The van der Waals surface area contributed by atoms with Crippen LogP contribution in [0.5, 0.6) is 0 Å². The van der Waals surface area contributed by atoms with Crippen LogP contribution in [0.2, 0.25) is 0 Å². The molecule has 1 N–H and O–H groups in total. The van der Waals surface area contributed by atoms with Gasteiger partial charge in [0.15, 0.2) is 0 Å². The summed E-state index contributed by atoms with van der Waals surface area (Å²) in [5.41, 5.74) is 3.64. The molecule has 0 saturated heterocycles. The van der Waals surface area contributed by atoms with E-state index in [1.165, 1.54) is 11.6 Å². The Balaban J connectivity index is 2.68. The molecule has 0 bridgehead atoms. The summed E-state index contributed by atoms with van der Waals surface area (Å²) in [4.78, 5) is 14.6. The Kier molecular flexibility index (Phi) is 2.16. The Morgan fingerprint density at radius 3 is 2.76 bits per heavy atom. The quantitative estimate of drug-likeness (QED) is 0.643. The Bertz CT molecular complexity index is 798. The van der Waals surface area contributed by atoms with Crippen molar-refractivity contribution in [2.45, 2.75) is 13.8 Å². The van der Waals surface area contributed by atoms with Crippen molar-refractivity contribution in [2.24, 2.45) is 0 Å². The molecule has 0 saturated carbocycles. The Hall–Kier alpha value is -1.55. The van der Waals surface area contributed by atoms with Gasteiger partial charge in [-0.25, -0.2) is 4.79 Å². The van der Waals surface area contributed by atoms with Gasteiger partial charge in [0.1, 0.15) is 5.58 Å². The van der Waals surface area contributed by atoms with E-state index in [1.54, 1.807) is 0 Å². The first-order valence-corrected chi connectivity index (χ1v) is 6.08. The molecule has 4 heteroatoms. The van der Waals surface area contributed by atoms with Gasteiger partial charge < -0.3 is 9.40 Å². The number of hydrogen-bond donors (Lipinski definition) is 1. The summed E-state index contributed by atoms with van der Waals surface area (Å²) in [5, 5.41) is 2.06. The van der Waals surface area contributed by atoms with Crippen LogP contribution >= 0.6 is 15.9 Å². The molecule has 0 unspecified atom stereocenters. The highest BCUT2D eigenvalue weighted by molar-refractivity contribution is 9.10. The van der Waals surface area contributed by atoms with E-state index >= 15 is 0 Å². The minimum atomic E-state index is -0.339. The fraction of sp³-hybridized carbons (Fsp3) is 0.154. The lowest BCUT2D eigenvalue weighted by Crippen LogP contribution is -1.96. The van der Waals surface area contributed by atoms with E-state index in [-0.39, 0.29) is 5.63 Å². The van der Waals surface area contributed by atoms with E-state index in [0.717, 1.165) is 26.5 Å². The molecule has 0 aliphatic carbocycles. The Labute approximate surface area is 106 Å². The summed E-state index contributed by atoms with van der Waals surface area (Å²) in [5.74, 6) is 0. The molecule has 0 fully saturated rings. The molecule has 3 aromatic rings. The molecule has 2 aromatic heterocycles. The number of halogens is 1. The van der Waals surface area contributed by atoms with Crippen LogP contribution in [-0.4, -0.2) is 4.98 Å². The molecule has 17 heavy (non-hydrogen) atoms. The minimum absolute atomic E-state index is 0.339. The summed E-state index contributed by atoms with van der Waals surface area (Å²) in [6, 6.07) is 5.22. The largest absolute Gasteiger partial charge is 0.423 e. The molecule has 86 valence electrons. The third kappa shape index (κ3) is 1.44. The first-order valence-electron chi connectivity index (χ1n) is 5.29. The van der Waals surface area contributed by atoms with Gasteiger partial charge in [0.25, 0.3) is 0 Å². The summed E-state index contributed by atoms with van der Waals surface area (Å²) >= 11 is 3.44. The molecule has 0 radical (unpaired) electrons. The maximum absolute atomic E-state index is 11.3. The molecular weight excluding hydrogens is 282 g/mol. The summed E-state index contributed by atoms with van der Waals surface area (Å²) in [7, 11) is 0. The van der Waals surface area contributed by atoms with Crippen molar-refractivity contribution in [1.29, 1.82) is 0 Å². The van der Waals surface area contributed by atoms with Gasteiger partial charge in [-0.15, -0.1) is 0 Å². The number of aryl methyl sites for hydroxylation is 2. The van der Waals surface area contributed by atoms with Crippen molar-refractivity contribution in [2.75, 3.05) is 0 Å². The van der Waals surface area contributed by atoms with Gasteiger partial charge in [-0.2, -0.15) is 0 Å². The molecule has 1 aromatic carbocycles. The van der Waals surface area contributed by atoms with Gasteiger partial charge >= 0.3 is 5.63 Å². The fourth-order valence-corrected chi connectivity index (χ4v) is 2.78. The van der Waals surface area contributed by atoms with E-state index in [0.29, 0.717) is 5.58 Å². The zero-order chi connectivity index (χ0) is 12.2. The van der Waals surface area contributed by atoms with E-state index in [4.69, 9.17) is 4.42 Å². The number of H-pyrrole nitrogens is 1. The smallest absolute Gasteiger partial charge is 0.337 e. The molecule has 0 aliphatic heterocycles. The third-order valence-corrected chi connectivity index (χ3v) is 3.75. The van der Waals surface area contributed by atoms with Crippen molar-refractivity contribution in [3.05, 3.63) is 44.3 Å². The highest BCUT2D eigenvalue weighted by Crippen LogP contribution is 2.33. The van der Waals surface area contributed by atoms with Crippen molar-refractivity contribution >= 4 is 37.8 Å². The first-order chi connectivity index (χ1) is 8.08. The summed E-state index contributed by atoms with van der Waals surface area (Å²) in [6.07, 6.45) is 0. The lowest BCUT2D eigenvalue weighted by molar-refractivity contribution is 0.560. The number of aromatic amines is 1. The number of aromatic nitrogens is 1. The number of nitrogens with one attached hydrogen (secondary N) is 1.